The number of hydrogen-bond donors (Lipinski definition) is 1. The van der Waals surface area contributed by atoms with Gasteiger partial charge in [-0.2, -0.15) is 4.31 Å². The highest BCUT2D eigenvalue weighted by molar-refractivity contribution is 7.88. The molecule has 0 fully saturated rings. The summed E-state index contributed by atoms with van der Waals surface area (Å²) in [5.41, 5.74) is 3.02. The first kappa shape index (κ1) is 27.6. The van der Waals surface area contributed by atoms with Crippen molar-refractivity contribution < 1.29 is 18.0 Å². The van der Waals surface area contributed by atoms with Gasteiger partial charge >= 0.3 is 0 Å². The van der Waals surface area contributed by atoms with Gasteiger partial charge in [-0.1, -0.05) is 72.3 Å². The summed E-state index contributed by atoms with van der Waals surface area (Å²) in [6.45, 7) is 2.16. The Hall–Kier alpha value is -2.97. The number of benzene rings is 2. The summed E-state index contributed by atoms with van der Waals surface area (Å²) in [5.74, 6) is -0.664. The van der Waals surface area contributed by atoms with Crippen LogP contribution in [0.15, 0.2) is 72.3 Å². The number of nitrogens with zero attached hydrogens (tertiary/aromatic N) is 2. The number of sulfonamides is 1. The smallest absolute Gasteiger partial charge is 0.242 e. The molecule has 0 heterocycles. The van der Waals surface area contributed by atoms with E-state index in [9.17, 15) is 18.0 Å². The molecule has 2 aromatic rings. The molecule has 1 aliphatic carbocycles. The van der Waals surface area contributed by atoms with Crippen LogP contribution >= 0.6 is 0 Å². The Morgan fingerprint density at radius 3 is 2.11 bits per heavy atom. The Morgan fingerprint density at radius 1 is 0.944 bits per heavy atom. The van der Waals surface area contributed by atoms with Crippen molar-refractivity contribution in [1.82, 2.24) is 14.5 Å². The van der Waals surface area contributed by atoms with Gasteiger partial charge in [0.1, 0.15) is 6.04 Å². The zero-order valence-corrected chi connectivity index (χ0v) is 22.0. The number of carbonyl (C=O) groups is 2. The lowest BCUT2D eigenvalue weighted by Gasteiger charge is -2.31. The molecule has 0 bridgehead atoms. The minimum atomic E-state index is -3.66. The highest BCUT2D eigenvalue weighted by atomic mass is 32.2. The van der Waals surface area contributed by atoms with E-state index in [-0.39, 0.29) is 25.5 Å². The van der Waals surface area contributed by atoms with Crippen LogP contribution in [-0.4, -0.2) is 54.8 Å². The Balaban J connectivity index is 1.72. The average Bonchev–Trinajstić information content (AvgIpc) is 2.87. The Bertz CT molecular complexity index is 1130. The van der Waals surface area contributed by atoms with E-state index in [1.165, 1.54) is 23.3 Å². The first-order valence-electron chi connectivity index (χ1n) is 12.5. The van der Waals surface area contributed by atoms with Crippen LogP contribution in [0.5, 0.6) is 0 Å². The second kappa shape index (κ2) is 13.4. The fourth-order valence-corrected chi connectivity index (χ4v) is 5.04. The maximum Gasteiger partial charge on any atom is 0.242 e. The van der Waals surface area contributed by atoms with Gasteiger partial charge in [-0.3, -0.25) is 9.59 Å². The van der Waals surface area contributed by atoms with Crippen molar-refractivity contribution in [3.63, 3.8) is 0 Å². The van der Waals surface area contributed by atoms with Crippen LogP contribution in [0.25, 0.3) is 0 Å². The van der Waals surface area contributed by atoms with E-state index in [1.807, 2.05) is 60.7 Å². The average molecular weight is 512 g/mol. The number of amides is 2. The van der Waals surface area contributed by atoms with Crippen LogP contribution in [0.1, 0.15) is 50.2 Å². The molecule has 0 radical (unpaired) electrons. The number of nitrogens with one attached hydrogen (secondary N) is 1. The molecule has 0 aromatic heterocycles. The van der Waals surface area contributed by atoms with Gasteiger partial charge < -0.3 is 10.2 Å². The van der Waals surface area contributed by atoms with Gasteiger partial charge in [0.2, 0.25) is 21.8 Å². The summed E-state index contributed by atoms with van der Waals surface area (Å²) in [6.07, 6.45) is 8.75. The maximum atomic E-state index is 13.5. The van der Waals surface area contributed by atoms with Gasteiger partial charge in [0.05, 0.1) is 12.8 Å². The van der Waals surface area contributed by atoms with Crippen molar-refractivity contribution in [1.29, 1.82) is 0 Å². The summed E-state index contributed by atoms with van der Waals surface area (Å²) < 4.78 is 26.2. The molecule has 2 amide bonds. The van der Waals surface area contributed by atoms with Gasteiger partial charge in [0.25, 0.3) is 0 Å². The molecule has 0 saturated carbocycles. The Kier molecular flexibility index (Phi) is 10.3. The van der Waals surface area contributed by atoms with E-state index < -0.39 is 22.0 Å². The van der Waals surface area contributed by atoms with Crippen molar-refractivity contribution in [3.05, 3.63) is 83.4 Å². The summed E-state index contributed by atoms with van der Waals surface area (Å²) in [4.78, 5) is 28.0. The van der Waals surface area contributed by atoms with Crippen molar-refractivity contribution in [2.24, 2.45) is 0 Å². The van der Waals surface area contributed by atoms with Crippen molar-refractivity contribution in [2.45, 2.75) is 58.2 Å². The highest BCUT2D eigenvalue weighted by Gasteiger charge is 2.29. The van der Waals surface area contributed by atoms with Gasteiger partial charge in [-0.05, 0) is 50.2 Å². The summed E-state index contributed by atoms with van der Waals surface area (Å²) in [7, 11) is -3.66. The first-order chi connectivity index (χ1) is 17.2. The van der Waals surface area contributed by atoms with Gasteiger partial charge in [-0.25, -0.2) is 8.42 Å². The maximum absolute atomic E-state index is 13.5. The minimum Gasteiger partial charge on any atom is -0.354 e. The predicted octanol–water partition coefficient (Wildman–Crippen LogP) is 3.87. The predicted molar refractivity (Wildman–Crippen MR) is 142 cm³/mol. The lowest BCUT2D eigenvalue weighted by Crippen LogP contribution is -2.51. The van der Waals surface area contributed by atoms with Crippen LogP contribution in [-0.2, 0) is 32.7 Å². The lowest BCUT2D eigenvalue weighted by atomic mass is 9.97. The number of allylic oxidation sites excluding steroid dienone is 1. The number of carbonyl (C=O) groups excluding carboxylic acids is 2. The third-order valence-electron chi connectivity index (χ3n) is 6.48. The standard InChI is InChI=1S/C28H37N3O4S/c1-23(28(33)29-19-18-24-12-6-3-7-13-24)31(21-26-16-10-5-11-17-26)27(32)22-30(36(2,34)35)20-25-14-8-4-9-15-25/h4-5,8-12,14-17,23H,3,6-7,13,18-22H2,1-2H3,(H,29,33)/t23-/m0/s1. The van der Waals surface area contributed by atoms with Crippen molar-refractivity contribution in [3.8, 4) is 0 Å². The molecule has 0 aliphatic heterocycles. The molecule has 2 aromatic carbocycles. The second-order valence-corrected chi connectivity index (χ2v) is 11.3. The number of rotatable bonds is 12. The molecular formula is C28H37N3O4S. The quantitative estimate of drug-likeness (QED) is 0.438. The van der Waals surface area contributed by atoms with Crippen LogP contribution in [0.4, 0.5) is 0 Å². The fraction of sp³-hybridized carbons (Fsp3) is 0.429. The van der Waals surface area contributed by atoms with Gasteiger partial charge in [0.15, 0.2) is 0 Å². The Morgan fingerprint density at radius 2 is 1.56 bits per heavy atom. The normalized spacial score (nSPS) is 14.7. The molecule has 1 aliphatic rings. The minimum absolute atomic E-state index is 0.0836. The SMILES string of the molecule is C[C@@H](C(=O)NCCC1=CCCCC1)N(Cc1ccccc1)C(=O)CN(Cc1ccccc1)S(C)(=O)=O. The summed E-state index contributed by atoms with van der Waals surface area (Å²) >= 11 is 0. The lowest BCUT2D eigenvalue weighted by molar-refractivity contribution is -0.140. The third kappa shape index (κ3) is 8.60. The monoisotopic (exact) mass is 511 g/mol. The zero-order chi connectivity index (χ0) is 26.0. The van der Waals surface area contributed by atoms with Gasteiger partial charge in [0, 0.05) is 19.6 Å². The highest BCUT2D eigenvalue weighted by Crippen LogP contribution is 2.19. The molecule has 1 atom stereocenters. The van der Waals surface area contributed by atoms with E-state index in [4.69, 9.17) is 0 Å². The molecule has 3 rings (SSSR count). The molecule has 194 valence electrons. The van der Waals surface area contributed by atoms with Crippen LogP contribution < -0.4 is 5.32 Å². The number of hydrogen-bond acceptors (Lipinski definition) is 4. The molecule has 1 N–H and O–H groups in total. The molecule has 36 heavy (non-hydrogen) atoms. The van der Waals surface area contributed by atoms with E-state index in [2.05, 4.69) is 11.4 Å². The third-order valence-corrected chi connectivity index (χ3v) is 7.67. The molecule has 0 spiro atoms. The van der Waals surface area contributed by atoms with Gasteiger partial charge in [-0.15, -0.1) is 0 Å². The molecule has 8 heteroatoms. The summed E-state index contributed by atoms with van der Waals surface area (Å²) in [5, 5.41) is 2.97. The van der Waals surface area contributed by atoms with Crippen LogP contribution in [0.3, 0.4) is 0 Å². The molecule has 7 nitrogen and oxygen atoms in total. The topological polar surface area (TPSA) is 86.8 Å². The first-order valence-corrected chi connectivity index (χ1v) is 14.4. The van der Waals surface area contributed by atoms with Crippen molar-refractivity contribution in [2.75, 3.05) is 19.3 Å². The Labute approximate surface area is 215 Å². The largest absolute Gasteiger partial charge is 0.354 e. The molecule has 0 saturated heterocycles. The fourth-order valence-electron chi connectivity index (χ4n) is 4.31. The molecule has 0 unspecified atom stereocenters. The van der Waals surface area contributed by atoms with E-state index in [1.54, 1.807) is 6.92 Å². The second-order valence-electron chi connectivity index (χ2n) is 9.35. The van der Waals surface area contributed by atoms with Crippen LogP contribution in [0.2, 0.25) is 0 Å². The zero-order valence-electron chi connectivity index (χ0n) is 21.2. The van der Waals surface area contributed by atoms with E-state index >= 15 is 0 Å². The summed E-state index contributed by atoms with van der Waals surface area (Å²) in [6, 6.07) is 17.8. The molecular weight excluding hydrogens is 474 g/mol. The van der Waals surface area contributed by atoms with Crippen molar-refractivity contribution >= 4 is 21.8 Å². The van der Waals surface area contributed by atoms with Crippen LogP contribution in [0, 0.1) is 0 Å². The van der Waals surface area contributed by atoms with E-state index in [0.717, 1.165) is 41.0 Å². The van der Waals surface area contributed by atoms with E-state index in [0.29, 0.717) is 6.54 Å².